The molecule has 124 valence electrons. The van der Waals surface area contributed by atoms with Gasteiger partial charge in [0.25, 0.3) is 0 Å². The lowest BCUT2D eigenvalue weighted by Crippen LogP contribution is -2.30. The number of hydrogen-bond acceptors (Lipinski definition) is 5. The highest BCUT2D eigenvalue weighted by Crippen LogP contribution is 2.33. The number of aryl methyl sites for hydroxylation is 2. The van der Waals surface area contributed by atoms with Crippen LogP contribution in [0.1, 0.15) is 37.3 Å². The van der Waals surface area contributed by atoms with Crippen LogP contribution in [0.4, 0.5) is 0 Å². The van der Waals surface area contributed by atoms with E-state index in [2.05, 4.69) is 15.1 Å². The Kier molecular flexibility index (Phi) is 4.20. The van der Waals surface area contributed by atoms with E-state index in [-0.39, 0.29) is 6.04 Å². The van der Waals surface area contributed by atoms with Crippen LogP contribution in [0.25, 0.3) is 11.4 Å². The first kappa shape index (κ1) is 16.1. The molecule has 2 aromatic rings. The molecule has 1 aliphatic heterocycles. The van der Waals surface area contributed by atoms with Crippen LogP contribution in [-0.2, 0) is 16.6 Å². The fourth-order valence-electron chi connectivity index (χ4n) is 3.07. The molecule has 7 nitrogen and oxygen atoms in total. The van der Waals surface area contributed by atoms with Crippen LogP contribution in [0.2, 0.25) is 0 Å². The Labute approximate surface area is 136 Å². The molecule has 0 bridgehead atoms. The zero-order valence-electron chi connectivity index (χ0n) is 13.6. The van der Waals surface area contributed by atoms with Crippen LogP contribution in [0.3, 0.4) is 0 Å². The third kappa shape index (κ3) is 3.13. The van der Waals surface area contributed by atoms with Crippen molar-refractivity contribution < 1.29 is 8.42 Å². The van der Waals surface area contributed by atoms with Crippen molar-refractivity contribution in [1.29, 1.82) is 0 Å². The van der Waals surface area contributed by atoms with Crippen molar-refractivity contribution in [3.63, 3.8) is 0 Å². The third-order valence-corrected chi connectivity index (χ3v) is 5.37. The molecular weight excluding hydrogens is 314 g/mol. The number of nitrogens with zero attached hydrogens (tertiary/aromatic N) is 5. The number of rotatable bonds is 4. The van der Waals surface area contributed by atoms with Gasteiger partial charge in [-0.15, -0.1) is 0 Å². The van der Waals surface area contributed by atoms with Crippen molar-refractivity contribution in [2.75, 3.05) is 12.8 Å². The van der Waals surface area contributed by atoms with E-state index in [0.29, 0.717) is 12.4 Å². The summed E-state index contributed by atoms with van der Waals surface area (Å²) in [6.07, 6.45) is 4.57. The molecule has 1 atom stereocenters. The van der Waals surface area contributed by atoms with Gasteiger partial charge in [-0.3, -0.25) is 4.68 Å². The van der Waals surface area contributed by atoms with Crippen LogP contribution in [-0.4, -0.2) is 45.3 Å². The first-order valence-electron chi connectivity index (χ1n) is 7.74. The molecule has 0 unspecified atom stereocenters. The first-order chi connectivity index (χ1) is 10.9. The molecule has 1 saturated heterocycles. The van der Waals surface area contributed by atoms with Gasteiger partial charge in [-0.2, -0.15) is 9.40 Å². The monoisotopic (exact) mass is 335 g/mol. The summed E-state index contributed by atoms with van der Waals surface area (Å²) in [5.74, 6) is 0.576. The van der Waals surface area contributed by atoms with Gasteiger partial charge >= 0.3 is 0 Å². The molecule has 1 fully saturated rings. The van der Waals surface area contributed by atoms with Crippen LogP contribution in [0, 0.1) is 6.92 Å². The summed E-state index contributed by atoms with van der Waals surface area (Å²) in [4.78, 5) is 9.15. The normalized spacial score (nSPS) is 19.3. The van der Waals surface area contributed by atoms with E-state index in [1.807, 2.05) is 30.7 Å². The Bertz CT molecular complexity index is 815. The second-order valence-electron chi connectivity index (χ2n) is 5.82. The average Bonchev–Trinajstić information content (AvgIpc) is 3.15. The van der Waals surface area contributed by atoms with Gasteiger partial charge in [-0.05, 0) is 38.8 Å². The predicted octanol–water partition coefficient (Wildman–Crippen LogP) is 1.76. The smallest absolute Gasteiger partial charge is 0.211 e. The van der Waals surface area contributed by atoms with E-state index >= 15 is 0 Å². The largest absolute Gasteiger partial charge is 0.264 e. The van der Waals surface area contributed by atoms with Gasteiger partial charge in [-0.25, -0.2) is 18.4 Å². The van der Waals surface area contributed by atoms with E-state index in [4.69, 9.17) is 0 Å². The zero-order valence-corrected chi connectivity index (χ0v) is 14.4. The molecule has 0 aromatic carbocycles. The fourth-order valence-corrected chi connectivity index (χ4v) is 4.19. The Hall–Kier alpha value is -1.80. The molecule has 1 aliphatic rings. The summed E-state index contributed by atoms with van der Waals surface area (Å²) in [5.41, 5.74) is 2.53. The molecule has 23 heavy (non-hydrogen) atoms. The standard InChI is InChI=1S/C15H21N5O2S/c1-4-19-13(7-8-16-19)12-10-11(2)17-15(18-12)14-6-5-9-20(14)23(3,21)22/h7-8,10,14H,4-6,9H2,1-3H3/t14-/m0/s1. The molecule has 0 spiro atoms. The molecule has 3 rings (SSSR count). The minimum Gasteiger partial charge on any atom is -0.264 e. The lowest BCUT2D eigenvalue weighted by molar-refractivity contribution is 0.386. The van der Waals surface area contributed by atoms with Crippen molar-refractivity contribution >= 4 is 10.0 Å². The zero-order chi connectivity index (χ0) is 16.6. The number of hydrogen-bond donors (Lipinski definition) is 0. The molecule has 0 saturated carbocycles. The van der Waals surface area contributed by atoms with Crippen molar-refractivity contribution in [1.82, 2.24) is 24.1 Å². The summed E-state index contributed by atoms with van der Waals surface area (Å²) in [7, 11) is -3.26. The molecule has 3 heterocycles. The predicted molar refractivity (Wildman–Crippen MR) is 87.2 cm³/mol. The first-order valence-corrected chi connectivity index (χ1v) is 9.59. The van der Waals surface area contributed by atoms with Gasteiger partial charge in [0, 0.05) is 25.0 Å². The van der Waals surface area contributed by atoms with Crippen molar-refractivity contribution in [2.45, 2.75) is 39.3 Å². The van der Waals surface area contributed by atoms with E-state index in [0.717, 1.165) is 36.5 Å². The molecule has 2 aromatic heterocycles. The Morgan fingerprint density at radius 1 is 1.35 bits per heavy atom. The van der Waals surface area contributed by atoms with Gasteiger partial charge in [0.15, 0.2) is 0 Å². The summed E-state index contributed by atoms with van der Waals surface area (Å²) in [6, 6.07) is 3.55. The SMILES string of the molecule is CCn1nccc1-c1cc(C)nc([C@@H]2CCCN2S(C)(=O)=O)n1. The van der Waals surface area contributed by atoms with E-state index < -0.39 is 10.0 Å². The van der Waals surface area contributed by atoms with Gasteiger partial charge in [-0.1, -0.05) is 0 Å². The van der Waals surface area contributed by atoms with Gasteiger partial charge in [0.05, 0.1) is 23.7 Å². The topological polar surface area (TPSA) is 81.0 Å². The van der Waals surface area contributed by atoms with Crippen molar-refractivity contribution in [3.8, 4) is 11.4 Å². The maximum atomic E-state index is 12.0. The second-order valence-corrected chi connectivity index (χ2v) is 7.75. The number of sulfonamides is 1. The summed E-state index contributed by atoms with van der Waals surface area (Å²) >= 11 is 0. The molecular formula is C15H21N5O2S. The van der Waals surface area contributed by atoms with E-state index in [1.54, 1.807) is 6.20 Å². The maximum absolute atomic E-state index is 12.0. The Balaban J connectivity index is 2.05. The summed E-state index contributed by atoms with van der Waals surface area (Å²) < 4.78 is 27.3. The third-order valence-electron chi connectivity index (χ3n) is 4.08. The molecule has 0 N–H and O–H groups in total. The second kappa shape index (κ2) is 6.01. The van der Waals surface area contributed by atoms with Gasteiger partial charge < -0.3 is 0 Å². The molecule has 8 heteroatoms. The maximum Gasteiger partial charge on any atom is 0.211 e. The average molecular weight is 335 g/mol. The lowest BCUT2D eigenvalue weighted by atomic mass is 10.2. The quantitative estimate of drug-likeness (QED) is 0.850. The van der Waals surface area contributed by atoms with Crippen LogP contribution in [0.15, 0.2) is 18.3 Å². The minimum absolute atomic E-state index is 0.276. The summed E-state index contributed by atoms with van der Waals surface area (Å²) in [6.45, 7) is 5.21. The Morgan fingerprint density at radius 2 is 2.13 bits per heavy atom. The minimum atomic E-state index is -3.26. The van der Waals surface area contributed by atoms with Crippen LogP contribution < -0.4 is 0 Å². The number of aromatic nitrogens is 4. The highest BCUT2D eigenvalue weighted by Gasteiger charge is 2.34. The molecule has 0 radical (unpaired) electrons. The lowest BCUT2D eigenvalue weighted by Gasteiger charge is -2.21. The van der Waals surface area contributed by atoms with Crippen molar-refractivity contribution in [3.05, 3.63) is 29.8 Å². The van der Waals surface area contributed by atoms with Crippen LogP contribution in [0.5, 0.6) is 0 Å². The van der Waals surface area contributed by atoms with Crippen molar-refractivity contribution in [2.24, 2.45) is 0 Å². The van der Waals surface area contributed by atoms with E-state index in [9.17, 15) is 8.42 Å². The summed E-state index contributed by atoms with van der Waals surface area (Å²) in [5, 5.41) is 4.27. The highest BCUT2D eigenvalue weighted by molar-refractivity contribution is 7.88. The van der Waals surface area contributed by atoms with Crippen LogP contribution >= 0.6 is 0 Å². The van der Waals surface area contributed by atoms with Gasteiger partial charge in [0.2, 0.25) is 10.0 Å². The fraction of sp³-hybridized carbons (Fsp3) is 0.533. The van der Waals surface area contributed by atoms with Gasteiger partial charge in [0.1, 0.15) is 5.82 Å². The van der Waals surface area contributed by atoms with E-state index in [1.165, 1.54) is 10.6 Å². The molecule has 0 amide bonds. The highest BCUT2D eigenvalue weighted by atomic mass is 32.2. The molecule has 0 aliphatic carbocycles. The Morgan fingerprint density at radius 3 is 2.83 bits per heavy atom.